The molecule has 0 N–H and O–H groups in total. The lowest BCUT2D eigenvalue weighted by molar-refractivity contribution is 0.0701. The van der Waals surface area contributed by atoms with Crippen LogP contribution < -0.4 is 4.74 Å². The molecule has 2 aromatic rings. The molecule has 1 aromatic carbocycles. The number of nitrogens with zero attached hydrogens (tertiary/aromatic N) is 1. The van der Waals surface area contributed by atoms with E-state index in [1.807, 2.05) is 6.07 Å². The number of esters is 1. The van der Waals surface area contributed by atoms with Crippen LogP contribution in [0.1, 0.15) is 16.1 Å². The van der Waals surface area contributed by atoms with Crippen LogP contribution in [0.5, 0.6) is 5.75 Å². The Kier molecular flexibility index (Phi) is 2.70. The predicted octanol–water partition coefficient (Wildman–Crippen LogP) is 2.37. The van der Waals surface area contributed by atoms with E-state index < -0.39 is 5.97 Å². The normalized spacial score (nSPS) is 9.44. The SMILES string of the molecule is N#Cc1cccc(OC(=O)c2ccco2)c1. The highest BCUT2D eigenvalue weighted by atomic mass is 16.5. The summed E-state index contributed by atoms with van der Waals surface area (Å²) in [5.41, 5.74) is 0.435. The smallest absolute Gasteiger partial charge is 0.379 e. The molecule has 16 heavy (non-hydrogen) atoms. The molecule has 2 rings (SSSR count). The van der Waals surface area contributed by atoms with Crippen molar-refractivity contribution in [2.45, 2.75) is 0 Å². The van der Waals surface area contributed by atoms with Gasteiger partial charge >= 0.3 is 5.97 Å². The molecule has 0 fully saturated rings. The standard InChI is InChI=1S/C12H7NO3/c13-8-9-3-1-4-10(7-9)16-12(14)11-5-2-6-15-11/h1-7H. The highest BCUT2D eigenvalue weighted by Crippen LogP contribution is 2.14. The molecule has 0 saturated heterocycles. The molecule has 0 amide bonds. The van der Waals surface area contributed by atoms with Crippen molar-refractivity contribution in [2.24, 2.45) is 0 Å². The number of ether oxygens (including phenoxy) is 1. The molecule has 1 heterocycles. The third-order valence-electron chi connectivity index (χ3n) is 1.90. The van der Waals surface area contributed by atoms with E-state index in [0.29, 0.717) is 11.3 Å². The van der Waals surface area contributed by atoms with Gasteiger partial charge in [0.15, 0.2) is 0 Å². The van der Waals surface area contributed by atoms with Gasteiger partial charge in [-0.3, -0.25) is 0 Å². The molecule has 0 spiro atoms. The molecule has 4 nitrogen and oxygen atoms in total. The number of carbonyl (C=O) groups is 1. The summed E-state index contributed by atoms with van der Waals surface area (Å²) in [6.45, 7) is 0. The highest BCUT2D eigenvalue weighted by molar-refractivity contribution is 5.88. The summed E-state index contributed by atoms with van der Waals surface area (Å²) in [6, 6.07) is 11.4. The van der Waals surface area contributed by atoms with Crippen molar-refractivity contribution < 1.29 is 13.9 Å². The van der Waals surface area contributed by atoms with Crippen molar-refractivity contribution in [3.8, 4) is 11.8 Å². The first-order valence-electron chi connectivity index (χ1n) is 4.55. The van der Waals surface area contributed by atoms with E-state index in [2.05, 4.69) is 0 Å². The van der Waals surface area contributed by atoms with Gasteiger partial charge in [-0.05, 0) is 30.3 Å². The third-order valence-corrected chi connectivity index (χ3v) is 1.90. The van der Waals surface area contributed by atoms with Gasteiger partial charge in [-0.1, -0.05) is 6.07 Å². The van der Waals surface area contributed by atoms with E-state index >= 15 is 0 Å². The summed E-state index contributed by atoms with van der Waals surface area (Å²) in [5, 5.41) is 8.67. The number of furan rings is 1. The van der Waals surface area contributed by atoms with Gasteiger partial charge in [0.05, 0.1) is 17.9 Å². The maximum Gasteiger partial charge on any atom is 0.379 e. The third kappa shape index (κ3) is 2.10. The molecule has 78 valence electrons. The van der Waals surface area contributed by atoms with E-state index in [-0.39, 0.29) is 5.76 Å². The van der Waals surface area contributed by atoms with Gasteiger partial charge < -0.3 is 9.15 Å². The minimum Gasteiger partial charge on any atom is -0.457 e. The largest absolute Gasteiger partial charge is 0.457 e. The Morgan fingerprint density at radius 3 is 2.88 bits per heavy atom. The molecule has 4 heteroatoms. The molecule has 0 radical (unpaired) electrons. The average Bonchev–Trinajstić information content (AvgIpc) is 2.83. The Bertz CT molecular complexity index is 538. The van der Waals surface area contributed by atoms with Gasteiger partial charge in [-0.2, -0.15) is 5.26 Å². The maximum atomic E-state index is 11.5. The second-order valence-electron chi connectivity index (χ2n) is 3.01. The first-order chi connectivity index (χ1) is 7.79. The Morgan fingerprint density at radius 2 is 2.19 bits per heavy atom. The number of benzene rings is 1. The Hall–Kier alpha value is -2.54. The molecular weight excluding hydrogens is 206 g/mol. The number of nitriles is 1. The molecule has 0 aliphatic carbocycles. The fourth-order valence-corrected chi connectivity index (χ4v) is 1.18. The summed E-state index contributed by atoms with van der Waals surface area (Å²) in [5.74, 6) is -0.136. The predicted molar refractivity (Wildman–Crippen MR) is 54.8 cm³/mol. The zero-order valence-corrected chi connectivity index (χ0v) is 8.21. The minimum atomic E-state index is -0.583. The zero-order chi connectivity index (χ0) is 11.4. The van der Waals surface area contributed by atoms with Crippen molar-refractivity contribution in [1.29, 1.82) is 5.26 Å². The Labute approximate surface area is 91.7 Å². The quantitative estimate of drug-likeness (QED) is 0.567. The molecule has 0 aliphatic heterocycles. The summed E-state index contributed by atoms with van der Waals surface area (Å²) in [6.07, 6.45) is 1.39. The van der Waals surface area contributed by atoms with Crippen LogP contribution in [0.4, 0.5) is 0 Å². The minimum absolute atomic E-state index is 0.127. The van der Waals surface area contributed by atoms with E-state index in [1.54, 1.807) is 24.3 Å². The van der Waals surface area contributed by atoms with Crippen LogP contribution >= 0.6 is 0 Å². The first kappa shape index (κ1) is 9.99. The van der Waals surface area contributed by atoms with Crippen molar-refractivity contribution in [3.05, 3.63) is 54.0 Å². The summed E-state index contributed by atoms with van der Waals surface area (Å²) < 4.78 is 9.90. The van der Waals surface area contributed by atoms with Crippen molar-refractivity contribution in [3.63, 3.8) is 0 Å². The van der Waals surface area contributed by atoms with Crippen LogP contribution in [0.15, 0.2) is 47.1 Å². The van der Waals surface area contributed by atoms with Gasteiger partial charge in [0, 0.05) is 0 Å². The van der Waals surface area contributed by atoms with Crippen LogP contribution in [-0.2, 0) is 0 Å². The monoisotopic (exact) mass is 213 g/mol. The maximum absolute atomic E-state index is 11.5. The summed E-state index contributed by atoms with van der Waals surface area (Å²) >= 11 is 0. The summed E-state index contributed by atoms with van der Waals surface area (Å²) in [4.78, 5) is 11.5. The van der Waals surface area contributed by atoms with Crippen LogP contribution in [-0.4, -0.2) is 5.97 Å². The lowest BCUT2D eigenvalue weighted by Crippen LogP contribution is -2.07. The topological polar surface area (TPSA) is 63.2 Å². The van der Waals surface area contributed by atoms with E-state index in [1.165, 1.54) is 18.4 Å². The fraction of sp³-hybridized carbons (Fsp3) is 0. The fourth-order valence-electron chi connectivity index (χ4n) is 1.18. The first-order valence-corrected chi connectivity index (χ1v) is 4.55. The number of hydrogen-bond acceptors (Lipinski definition) is 4. The van der Waals surface area contributed by atoms with Gasteiger partial charge in [0.1, 0.15) is 5.75 Å². The molecule has 0 saturated carbocycles. The second kappa shape index (κ2) is 4.32. The molecule has 0 unspecified atom stereocenters. The zero-order valence-electron chi connectivity index (χ0n) is 8.21. The average molecular weight is 213 g/mol. The van der Waals surface area contributed by atoms with Crippen molar-refractivity contribution >= 4 is 5.97 Å². The highest BCUT2D eigenvalue weighted by Gasteiger charge is 2.11. The molecule has 0 bridgehead atoms. The summed E-state index contributed by atoms with van der Waals surface area (Å²) in [7, 11) is 0. The number of carbonyl (C=O) groups excluding carboxylic acids is 1. The van der Waals surface area contributed by atoms with E-state index in [4.69, 9.17) is 14.4 Å². The van der Waals surface area contributed by atoms with Crippen molar-refractivity contribution in [1.82, 2.24) is 0 Å². The molecule has 1 aromatic heterocycles. The van der Waals surface area contributed by atoms with Crippen LogP contribution in [0.25, 0.3) is 0 Å². The lowest BCUT2D eigenvalue weighted by atomic mass is 10.2. The second-order valence-corrected chi connectivity index (χ2v) is 3.01. The van der Waals surface area contributed by atoms with Gasteiger partial charge in [0.2, 0.25) is 5.76 Å². The molecule has 0 atom stereocenters. The van der Waals surface area contributed by atoms with Gasteiger partial charge in [-0.25, -0.2) is 4.79 Å². The molecule has 0 aliphatic rings. The lowest BCUT2D eigenvalue weighted by Gasteiger charge is -2.01. The Morgan fingerprint density at radius 1 is 1.31 bits per heavy atom. The number of hydrogen-bond donors (Lipinski definition) is 0. The van der Waals surface area contributed by atoms with Crippen LogP contribution in [0.2, 0.25) is 0 Å². The number of rotatable bonds is 2. The van der Waals surface area contributed by atoms with Crippen molar-refractivity contribution in [2.75, 3.05) is 0 Å². The van der Waals surface area contributed by atoms with E-state index in [0.717, 1.165) is 0 Å². The van der Waals surface area contributed by atoms with E-state index in [9.17, 15) is 4.79 Å². The van der Waals surface area contributed by atoms with Crippen LogP contribution in [0, 0.1) is 11.3 Å². The van der Waals surface area contributed by atoms with Crippen LogP contribution in [0.3, 0.4) is 0 Å². The van der Waals surface area contributed by atoms with Gasteiger partial charge in [-0.15, -0.1) is 0 Å². The van der Waals surface area contributed by atoms with Gasteiger partial charge in [0.25, 0.3) is 0 Å². The molecular formula is C12H7NO3. The Balaban J connectivity index is 2.16.